The van der Waals surface area contributed by atoms with Crippen molar-refractivity contribution in [2.75, 3.05) is 17.7 Å². The Labute approximate surface area is 207 Å². The number of hydrogen-bond acceptors (Lipinski definition) is 7. The third-order valence-corrected chi connectivity index (χ3v) is 7.75. The molecule has 2 aromatic heterocycles. The maximum absolute atomic E-state index is 12.8. The summed E-state index contributed by atoms with van der Waals surface area (Å²) >= 11 is 2.81. The number of fused-ring (bicyclic) bond motifs is 1. The van der Waals surface area contributed by atoms with E-state index in [2.05, 4.69) is 34.2 Å². The molecule has 0 aliphatic heterocycles. The summed E-state index contributed by atoms with van der Waals surface area (Å²) < 4.78 is 7.24. The lowest BCUT2D eigenvalue weighted by Crippen LogP contribution is -2.17. The number of nitrogens with zero attached hydrogens (tertiary/aromatic N) is 3. The number of rotatable bonds is 11. The molecule has 3 aromatic rings. The molecule has 1 N–H and O–H groups in total. The molecule has 0 spiro atoms. The molecule has 1 aliphatic carbocycles. The van der Waals surface area contributed by atoms with Gasteiger partial charge in [0.2, 0.25) is 5.91 Å². The Morgan fingerprint density at radius 1 is 1.24 bits per heavy atom. The van der Waals surface area contributed by atoms with Gasteiger partial charge in [0.05, 0.1) is 17.9 Å². The summed E-state index contributed by atoms with van der Waals surface area (Å²) in [6.07, 6.45) is 6.23. The molecule has 0 radical (unpaired) electrons. The Bertz CT molecular complexity index is 1170. The normalized spacial score (nSPS) is 12.4. The zero-order chi connectivity index (χ0) is 23.9. The number of carbonyl (C=O) groups excluding carboxylic acids is 2. The van der Waals surface area contributed by atoms with E-state index >= 15 is 0 Å². The number of aryl methyl sites for hydroxylation is 3. The monoisotopic (exact) mass is 496 g/mol. The van der Waals surface area contributed by atoms with Gasteiger partial charge in [0.15, 0.2) is 5.16 Å². The first-order chi connectivity index (χ1) is 16.6. The number of carbonyl (C=O) groups is 2. The quantitative estimate of drug-likeness (QED) is 0.235. The van der Waals surface area contributed by atoms with Crippen molar-refractivity contribution in [3.8, 4) is 0 Å². The molecule has 0 bridgehead atoms. The van der Waals surface area contributed by atoms with Crippen molar-refractivity contribution in [2.45, 2.75) is 50.7 Å². The molecule has 34 heavy (non-hydrogen) atoms. The van der Waals surface area contributed by atoms with Crippen molar-refractivity contribution in [1.29, 1.82) is 0 Å². The van der Waals surface area contributed by atoms with Crippen molar-refractivity contribution < 1.29 is 14.3 Å². The second kappa shape index (κ2) is 11.5. The molecule has 4 rings (SSSR count). The van der Waals surface area contributed by atoms with Gasteiger partial charge in [-0.1, -0.05) is 48.2 Å². The first-order valence-corrected chi connectivity index (χ1v) is 13.2. The molecule has 0 saturated carbocycles. The van der Waals surface area contributed by atoms with Crippen LogP contribution in [0.1, 0.15) is 45.5 Å². The summed E-state index contributed by atoms with van der Waals surface area (Å²) in [7, 11) is 0. The second-order valence-corrected chi connectivity index (χ2v) is 9.95. The number of thiophene rings is 1. The van der Waals surface area contributed by atoms with E-state index in [1.807, 2.05) is 22.8 Å². The minimum atomic E-state index is -0.362. The van der Waals surface area contributed by atoms with Crippen molar-refractivity contribution in [1.82, 2.24) is 14.8 Å². The van der Waals surface area contributed by atoms with E-state index in [0.717, 1.165) is 43.5 Å². The number of thioether (sulfide) groups is 1. The molecule has 9 heteroatoms. The summed E-state index contributed by atoms with van der Waals surface area (Å²) in [6, 6.07) is 10.3. The molecule has 0 fully saturated rings. The molecule has 0 saturated heterocycles. The zero-order valence-corrected chi connectivity index (χ0v) is 20.8. The highest BCUT2D eigenvalue weighted by molar-refractivity contribution is 7.99. The maximum atomic E-state index is 12.8. The Hall–Kier alpha value is -2.91. The van der Waals surface area contributed by atoms with Crippen LogP contribution >= 0.6 is 23.1 Å². The predicted molar refractivity (Wildman–Crippen MR) is 136 cm³/mol. The van der Waals surface area contributed by atoms with Gasteiger partial charge in [-0.15, -0.1) is 28.1 Å². The number of esters is 1. The van der Waals surface area contributed by atoms with Crippen LogP contribution in [-0.4, -0.2) is 39.0 Å². The molecular formula is C25H28N4O3S2. The fraction of sp³-hybridized carbons (Fsp3) is 0.360. The van der Waals surface area contributed by atoms with Gasteiger partial charge in [0.25, 0.3) is 0 Å². The largest absolute Gasteiger partial charge is 0.462 e. The molecular weight excluding hydrogens is 468 g/mol. The molecule has 2 heterocycles. The Morgan fingerprint density at radius 3 is 2.82 bits per heavy atom. The van der Waals surface area contributed by atoms with Crippen LogP contribution in [0.3, 0.4) is 0 Å². The fourth-order valence-electron chi connectivity index (χ4n) is 4.03. The van der Waals surface area contributed by atoms with Crippen LogP contribution in [0.5, 0.6) is 0 Å². The van der Waals surface area contributed by atoms with E-state index in [-0.39, 0.29) is 17.6 Å². The van der Waals surface area contributed by atoms with Gasteiger partial charge in [-0.05, 0) is 43.7 Å². The summed E-state index contributed by atoms with van der Waals surface area (Å²) in [5.41, 5.74) is 2.79. The van der Waals surface area contributed by atoms with Crippen LogP contribution < -0.4 is 5.32 Å². The Balaban J connectivity index is 1.41. The van der Waals surface area contributed by atoms with Crippen LogP contribution in [-0.2, 0) is 41.8 Å². The Kier molecular flexibility index (Phi) is 8.18. The van der Waals surface area contributed by atoms with Crippen LogP contribution in [0.15, 0.2) is 48.1 Å². The lowest BCUT2D eigenvalue weighted by atomic mass is 10.1. The molecule has 0 atom stereocenters. The summed E-state index contributed by atoms with van der Waals surface area (Å²) in [4.78, 5) is 26.5. The minimum absolute atomic E-state index is 0.165. The van der Waals surface area contributed by atoms with Crippen LogP contribution in [0.2, 0.25) is 0 Å². The highest BCUT2D eigenvalue weighted by Crippen LogP contribution is 2.39. The van der Waals surface area contributed by atoms with E-state index in [1.54, 1.807) is 13.0 Å². The summed E-state index contributed by atoms with van der Waals surface area (Å²) in [5, 5.41) is 12.9. The van der Waals surface area contributed by atoms with E-state index in [9.17, 15) is 9.59 Å². The van der Waals surface area contributed by atoms with Gasteiger partial charge in [0, 0.05) is 17.8 Å². The number of amides is 1. The van der Waals surface area contributed by atoms with E-state index in [1.165, 1.54) is 33.5 Å². The van der Waals surface area contributed by atoms with E-state index in [0.29, 0.717) is 28.9 Å². The topological polar surface area (TPSA) is 86.1 Å². The first kappa shape index (κ1) is 24.2. The number of ether oxygens (including phenoxy) is 1. The van der Waals surface area contributed by atoms with Crippen molar-refractivity contribution in [2.24, 2.45) is 0 Å². The van der Waals surface area contributed by atoms with Gasteiger partial charge in [-0.25, -0.2) is 4.79 Å². The van der Waals surface area contributed by atoms with Crippen molar-refractivity contribution in [3.05, 3.63) is 70.4 Å². The van der Waals surface area contributed by atoms with Gasteiger partial charge >= 0.3 is 5.97 Å². The zero-order valence-electron chi connectivity index (χ0n) is 19.2. The van der Waals surface area contributed by atoms with Gasteiger partial charge < -0.3 is 14.6 Å². The van der Waals surface area contributed by atoms with Gasteiger partial charge in [-0.2, -0.15) is 0 Å². The standard InChI is InChI=1S/C25H28N4O3S2/c1-3-15-29-20(14-13-17-9-6-5-7-10-17)27-28-25(29)33-16-21(30)26-23-22(24(31)32-4-2)18-11-8-12-19(18)34-23/h3,5-7,9-10H,1,4,8,11-16H2,2H3,(H,26,30). The average Bonchev–Trinajstić information content (AvgIpc) is 3.52. The number of allylic oxidation sites excluding steroid dienone is 1. The van der Waals surface area contributed by atoms with Crippen molar-refractivity contribution >= 4 is 40.0 Å². The number of benzene rings is 1. The second-order valence-electron chi connectivity index (χ2n) is 7.90. The molecule has 1 aromatic carbocycles. The number of hydrogen-bond donors (Lipinski definition) is 1. The van der Waals surface area contributed by atoms with E-state index in [4.69, 9.17) is 4.74 Å². The van der Waals surface area contributed by atoms with Crippen LogP contribution in [0.25, 0.3) is 0 Å². The molecule has 0 unspecified atom stereocenters. The lowest BCUT2D eigenvalue weighted by Gasteiger charge is -2.09. The first-order valence-electron chi connectivity index (χ1n) is 11.4. The maximum Gasteiger partial charge on any atom is 0.341 e. The van der Waals surface area contributed by atoms with Crippen molar-refractivity contribution in [3.63, 3.8) is 0 Å². The lowest BCUT2D eigenvalue weighted by molar-refractivity contribution is -0.113. The highest BCUT2D eigenvalue weighted by atomic mass is 32.2. The predicted octanol–water partition coefficient (Wildman–Crippen LogP) is 4.71. The fourth-order valence-corrected chi connectivity index (χ4v) is 6.09. The number of aromatic nitrogens is 3. The smallest absolute Gasteiger partial charge is 0.341 e. The minimum Gasteiger partial charge on any atom is -0.462 e. The van der Waals surface area contributed by atoms with Crippen LogP contribution in [0, 0.1) is 0 Å². The molecule has 1 aliphatic rings. The van der Waals surface area contributed by atoms with Gasteiger partial charge in [0.1, 0.15) is 10.8 Å². The van der Waals surface area contributed by atoms with Crippen LogP contribution in [0.4, 0.5) is 5.00 Å². The van der Waals surface area contributed by atoms with E-state index < -0.39 is 0 Å². The average molecular weight is 497 g/mol. The third-order valence-electron chi connectivity index (χ3n) is 5.57. The Morgan fingerprint density at radius 2 is 2.06 bits per heavy atom. The molecule has 7 nitrogen and oxygen atoms in total. The summed E-state index contributed by atoms with van der Waals surface area (Å²) in [5.74, 6) is 0.484. The molecule has 178 valence electrons. The number of nitrogens with one attached hydrogen (secondary N) is 1. The third kappa shape index (κ3) is 5.59. The highest BCUT2D eigenvalue weighted by Gasteiger charge is 2.28. The molecule has 1 amide bonds. The van der Waals surface area contributed by atoms with Gasteiger partial charge in [-0.3, -0.25) is 4.79 Å². The summed E-state index contributed by atoms with van der Waals surface area (Å²) in [6.45, 7) is 6.51. The SMILES string of the molecule is C=CCn1c(CCc2ccccc2)nnc1SCC(=O)Nc1sc2c(c1C(=O)OCC)CCC2. The number of anilines is 1.